The highest BCUT2D eigenvalue weighted by molar-refractivity contribution is 5.95. The third-order valence-electron chi connectivity index (χ3n) is 3.64. The van der Waals surface area contributed by atoms with Gasteiger partial charge in [0.1, 0.15) is 0 Å². The van der Waals surface area contributed by atoms with E-state index in [-0.39, 0.29) is 11.8 Å². The Bertz CT molecular complexity index is 484. The highest BCUT2D eigenvalue weighted by Gasteiger charge is 2.07. The Morgan fingerprint density at radius 2 is 1.70 bits per heavy atom. The number of hydrogen-bond acceptors (Lipinski definition) is 4. The first-order valence-electron chi connectivity index (χ1n) is 8.15. The van der Waals surface area contributed by atoms with E-state index < -0.39 is 0 Å². The number of nitrogens with one attached hydrogen (secondary N) is 3. The molecule has 2 amide bonds. The molecule has 0 radical (unpaired) electrons. The lowest BCUT2D eigenvalue weighted by atomic mass is 10.2. The first-order chi connectivity index (χ1) is 11.1. The van der Waals surface area contributed by atoms with Gasteiger partial charge in [-0.05, 0) is 44.4 Å². The van der Waals surface area contributed by atoms with Crippen molar-refractivity contribution in [3.05, 3.63) is 29.8 Å². The molecule has 0 saturated heterocycles. The summed E-state index contributed by atoms with van der Waals surface area (Å²) in [7, 11) is 1.81. The molecule has 0 atom stereocenters. The van der Waals surface area contributed by atoms with Crippen LogP contribution in [0.1, 0.15) is 30.6 Å². The third-order valence-corrected chi connectivity index (χ3v) is 3.64. The van der Waals surface area contributed by atoms with Gasteiger partial charge < -0.3 is 20.9 Å². The predicted molar refractivity (Wildman–Crippen MR) is 93.7 cm³/mol. The van der Waals surface area contributed by atoms with Crippen LogP contribution in [0.5, 0.6) is 0 Å². The normalized spacial score (nSPS) is 10.6. The van der Waals surface area contributed by atoms with Crippen LogP contribution in [0.4, 0.5) is 5.69 Å². The molecular formula is C17H28N4O2. The van der Waals surface area contributed by atoms with Crippen molar-refractivity contribution in [2.24, 2.45) is 0 Å². The van der Waals surface area contributed by atoms with Gasteiger partial charge in [0, 0.05) is 37.3 Å². The first-order valence-corrected chi connectivity index (χ1v) is 8.15. The second-order valence-electron chi connectivity index (χ2n) is 5.26. The van der Waals surface area contributed by atoms with E-state index in [1.807, 2.05) is 0 Å². The molecule has 0 aliphatic carbocycles. The van der Waals surface area contributed by atoms with Gasteiger partial charge in [-0.1, -0.05) is 13.8 Å². The molecule has 6 nitrogen and oxygen atoms in total. The second kappa shape index (κ2) is 10.7. The standard InChI is InChI=1S/C17H28N4O2/c1-4-21(5-2)13-12-19-17(23)14-6-8-15(9-7-14)20-16(22)10-11-18-3/h6-9,18H,4-5,10-13H2,1-3H3,(H,19,23)(H,20,22). The van der Waals surface area contributed by atoms with Gasteiger partial charge in [0.2, 0.25) is 5.91 Å². The monoisotopic (exact) mass is 320 g/mol. The fraction of sp³-hybridized carbons (Fsp3) is 0.529. The molecule has 0 unspecified atom stereocenters. The molecular weight excluding hydrogens is 292 g/mol. The molecule has 0 aromatic heterocycles. The van der Waals surface area contributed by atoms with Crippen LogP contribution in [0.25, 0.3) is 0 Å². The largest absolute Gasteiger partial charge is 0.351 e. The minimum absolute atomic E-state index is 0.0456. The van der Waals surface area contributed by atoms with Crippen LogP contribution in [-0.4, -0.2) is 56.5 Å². The number of carbonyl (C=O) groups is 2. The van der Waals surface area contributed by atoms with Crippen molar-refractivity contribution in [1.29, 1.82) is 0 Å². The van der Waals surface area contributed by atoms with Crippen LogP contribution in [-0.2, 0) is 4.79 Å². The molecule has 0 saturated carbocycles. The molecule has 128 valence electrons. The molecule has 6 heteroatoms. The van der Waals surface area contributed by atoms with Crippen molar-refractivity contribution in [3.8, 4) is 0 Å². The second-order valence-corrected chi connectivity index (χ2v) is 5.26. The fourth-order valence-corrected chi connectivity index (χ4v) is 2.14. The summed E-state index contributed by atoms with van der Waals surface area (Å²) in [6.07, 6.45) is 0.421. The zero-order valence-electron chi connectivity index (χ0n) is 14.3. The number of anilines is 1. The minimum atomic E-state index is -0.0924. The summed E-state index contributed by atoms with van der Waals surface area (Å²) >= 11 is 0. The zero-order valence-corrected chi connectivity index (χ0v) is 14.3. The summed E-state index contributed by atoms with van der Waals surface area (Å²) in [4.78, 5) is 25.9. The molecule has 0 aliphatic rings. The molecule has 1 aromatic rings. The highest BCUT2D eigenvalue weighted by atomic mass is 16.2. The summed E-state index contributed by atoms with van der Waals surface area (Å²) in [6, 6.07) is 6.94. The third kappa shape index (κ3) is 7.25. The molecule has 1 rings (SSSR count). The van der Waals surface area contributed by atoms with E-state index in [0.29, 0.717) is 30.8 Å². The van der Waals surface area contributed by atoms with Crippen LogP contribution < -0.4 is 16.0 Å². The van der Waals surface area contributed by atoms with E-state index in [0.717, 1.165) is 19.6 Å². The Morgan fingerprint density at radius 3 is 2.26 bits per heavy atom. The molecule has 0 spiro atoms. The Hall–Kier alpha value is -1.92. The van der Waals surface area contributed by atoms with E-state index in [4.69, 9.17) is 0 Å². The number of benzene rings is 1. The molecule has 0 bridgehead atoms. The van der Waals surface area contributed by atoms with Crippen molar-refractivity contribution in [2.45, 2.75) is 20.3 Å². The lowest BCUT2D eigenvalue weighted by molar-refractivity contribution is -0.116. The molecule has 0 fully saturated rings. The van der Waals surface area contributed by atoms with Gasteiger partial charge in [-0.25, -0.2) is 0 Å². The average Bonchev–Trinajstić information content (AvgIpc) is 2.57. The SMILES string of the molecule is CCN(CC)CCNC(=O)c1ccc(NC(=O)CCNC)cc1. The van der Waals surface area contributed by atoms with Gasteiger partial charge in [-0.2, -0.15) is 0 Å². The van der Waals surface area contributed by atoms with Crippen LogP contribution in [0.15, 0.2) is 24.3 Å². The van der Waals surface area contributed by atoms with Crippen molar-refractivity contribution >= 4 is 17.5 Å². The number of hydrogen-bond donors (Lipinski definition) is 3. The number of amides is 2. The van der Waals surface area contributed by atoms with Crippen molar-refractivity contribution in [1.82, 2.24) is 15.5 Å². The number of likely N-dealkylation sites (N-methyl/N-ethyl adjacent to an activating group) is 1. The van der Waals surface area contributed by atoms with E-state index in [1.54, 1.807) is 31.3 Å². The predicted octanol–water partition coefficient (Wildman–Crippen LogP) is 1.31. The van der Waals surface area contributed by atoms with Gasteiger partial charge >= 0.3 is 0 Å². The molecule has 0 heterocycles. The fourth-order valence-electron chi connectivity index (χ4n) is 2.14. The van der Waals surface area contributed by atoms with Crippen molar-refractivity contribution in [3.63, 3.8) is 0 Å². The average molecular weight is 320 g/mol. The van der Waals surface area contributed by atoms with Crippen molar-refractivity contribution < 1.29 is 9.59 Å². The van der Waals surface area contributed by atoms with Gasteiger partial charge in [-0.15, -0.1) is 0 Å². The van der Waals surface area contributed by atoms with Gasteiger partial charge in [-0.3, -0.25) is 9.59 Å². The van der Waals surface area contributed by atoms with E-state index in [1.165, 1.54) is 0 Å². The smallest absolute Gasteiger partial charge is 0.251 e. The highest BCUT2D eigenvalue weighted by Crippen LogP contribution is 2.09. The summed E-state index contributed by atoms with van der Waals surface area (Å²) in [5.41, 5.74) is 1.29. The van der Waals surface area contributed by atoms with Crippen LogP contribution in [0.2, 0.25) is 0 Å². The molecule has 23 heavy (non-hydrogen) atoms. The quantitative estimate of drug-likeness (QED) is 0.608. The summed E-state index contributed by atoms with van der Waals surface area (Å²) < 4.78 is 0. The van der Waals surface area contributed by atoms with Gasteiger partial charge in [0.15, 0.2) is 0 Å². The maximum atomic E-state index is 12.1. The lowest BCUT2D eigenvalue weighted by Crippen LogP contribution is -2.34. The van der Waals surface area contributed by atoms with Crippen molar-refractivity contribution in [2.75, 3.05) is 45.1 Å². The molecule has 1 aromatic carbocycles. The summed E-state index contributed by atoms with van der Waals surface area (Å²) in [5.74, 6) is -0.138. The van der Waals surface area contributed by atoms with Gasteiger partial charge in [0.25, 0.3) is 5.91 Å². The number of carbonyl (C=O) groups excluding carboxylic acids is 2. The summed E-state index contributed by atoms with van der Waals surface area (Å²) in [5, 5.41) is 8.64. The topological polar surface area (TPSA) is 73.5 Å². The van der Waals surface area contributed by atoms with E-state index in [9.17, 15) is 9.59 Å². The maximum Gasteiger partial charge on any atom is 0.251 e. The maximum absolute atomic E-state index is 12.1. The lowest BCUT2D eigenvalue weighted by Gasteiger charge is -2.18. The molecule has 3 N–H and O–H groups in total. The number of nitrogens with zero attached hydrogens (tertiary/aromatic N) is 1. The molecule has 0 aliphatic heterocycles. The Balaban J connectivity index is 2.43. The van der Waals surface area contributed by atoms with E-state index in [2.05, 4.69) is 34.7 Å². The minimum Gasteiger partial charge on any atom is -0.351 e. The Morgan fingerprint density at radius 1 is 1.04 bits per heavy atom. The van der Waals surface area contributed by atoms with Crippen LogP contribution in [0.3, 0.4) is 0 Å². The van der Waals surface area contributed by atoms with Crippen LogP contribution in [0, 0.1) is 0 Å². The summed E-state index contributed by atoms with van der Waals surface area (Å²) in [6.45, 7) is 8.28. The Kier molecular flexibility index (Phi) is 8.94. The van der Waals surface area contributed by atoms with E-state index >= 15 is 0 Å². The zero-order chi connectivity index (χ0) is 17.1. The number of rotatable bonds is 10. The Labute approximate surface area is 138 Å². The van der Waals surface area contributed by atoms with Gasteiger partial charge in [0.05, 0.1) is 0 Å². The van der Waals surface area contributed by atoms with Crippen LogP contribution >= 0.6 is 0 Å². The first kappa shape index (κ1) is 19.1.